The molecule has 0 bridgehead atoms. The van der Waals surface area contributed by atoms with E-state index >= 15 is 4.39 Å². The Bertz CT molecular complexity index is 1060. The normalized spacial score (nSPS) is 22.0. The van der Waals surface area contributed by atoms with Crippen LogP contribution in [0, 0.1) is 18.6 Å². The van der Waals surface area contributed by atoms with Crippen LogP contribution in [-0.4, -0.2) is 69.7 Å². The first-order chi connectivity index (χ1) is 14.1. The zero-order valence-corrected chi connectivity index (χ0v) is 21.7. The van der Waals surface area contributed by atoms with Crippen LogP contribution in [0.2, 0.25) is 0 Å². The van der Waals surface area contributed by atoms with Crippen molar-refractivity contribution in [3.05, 3.63) is 33.6 Å². The summed E-state index contributed by atoms with van der Waals surface area (Å²) in [4.78, 5) is 19.8. The third-order valence-electron chi connectivity index (χ3n) is 6.10. The van der Waals surface area contributed by atoms with Crippen molar-refractivity contribution in [1.29, 1.82) is 0 Å². The van der Waals surface area contributed by atoms with Crippen LogP contribution in [0.15, 0.2) is 10.9 Å². The Morgan fingerprint density at radius 2 is 1.87 bits per heavy atom. The molecule has 0 radical (unpaired) electrons. The second-order valence-electron chi connectivity index (χ2n) is 8.46. The van der Waals surface area contributed by atoms with Gasteiger partial charge in [-0.15, -0.1) is 0 Å². The lowest BCUT2D eigenvalue weighted by Gasteiger charge is -2.50. The largest absolute Gasteiger partial charge is 0.362 e. The van der Waals surface area contributed by atoms with Crippen molar-refractivity contribution in [3.63, 3.8) is 0 Å². The number of fused-ring (bicyclic) bond motifs is 5. The van der Waals surface area contributed by atoms with E-state index in [2.05, 4.69) is 47.6 Å². The molecule has 0 N–H and O–H groups in total. The minimum atomic E-state index is -0.665. The Morgan fingerprint density at radius 3 is 2.53 bits per heavy atom. The smallest absolute Gasteiger partial charge is 0.285 e. The van der Waals surface area contributed by atoms with Crippen molar-refractivity contribution < 1.29 is 8.78 Å². The molecular formula is C20H25F2I2N5O. The van der Waals surface area contributed by atoms with Gasteiger partial charge in [-0.05, 0) is 34.0 Å². The van der Waals surface area contributed by atoms with Crippen LogP contribution in [0.3, 0.4) is 0 Å². The van der Waals surface area contributed by atoms with Crippen molar-refractivity contribution >= 4 is 68.0 Å². The molecule has 164 valence electrons. The molecule has 0 aliphatic carbocycles. The fourth-order valence-electron chi connectivity index (χ4n) is 4.38. The van der Waals surface area contributed by atoms with E-state index in [0.717, 1.165) is 13.1 Å². The van der Waals surface area contributed by atoms with Gasteiger partial charge in [-0.2, -0.15) is 0 Å². The number of piperazine rings is 1. The van der Waals surface area contributed by atoms with Gasteiger partial charge in [0.15, 0.2) is 5.82 Å². The van der Waals surface area contributed by atoms with Gasteiger partial charge >= 0.3 is 0 Å². The van der Waals surface area contributed by atoms with E-state index < -0.39 is 11.6 Å². The van der Waals surface area contributed by atoms with Crippen LogP contribution >= 0.6 is 45.7 Å². The molecule has 1 aromatic heterocycles. The minimum absolute atomic E-state index is 0.0606. The zero-order chi connectivity index (χ0) is 21.9. The molecule has 6 nitrogen and oxygen atoms in total. The number of aromatic nitrogens is 1. The highest BCUT2D eigenvalue weighted by Gasteiger charge is 2.40. The maximum Gasteiger partial charge on any atom is 0.285 e. The third kappa shape index (κ3) is 3.60. The summed E-state index contributed by atoms with van der Waals surface area (Å²) in [7, 11) is 3.99. The number of nitrogens with zero attached hydrogens (tertiary/aromatic N) is 5. The zero-order valence-electron chi connectivity index (χ0n) is 17.4. The Labute approximate surface area is 202 Å². The molecule has 2 unspecified atom stereocenters. The van der Waals surface area contributed by atoms with Crippen LogP contribution in [0.4, 0.5) is 20.2 Å². The molecule has 4 rings (SSSR count). The first-order valence-corrected chi connectivity index (χ1v) is 11.9. The summed E-state index contributed by atoms with van der Waals surface area (Å²) in [6.45, 7) is 7.24. The second-order valence-corrected chi connectivity index (χ2v) is 10.7. The van der Waals surface area contributed by atoms with E-state index in [4.69, 9.17) is 0 Å². The van der Waals surface area contributed by atoms with Gasteiger partial charge in [0, 0.05) is 72.6 Å². The van der Waals surface area contributed by atoms with Crippen molar-refractivity contribution in [2.45, 2.75) is 25.9 Å². The Kier molecular flexibility index (Phi) is 6.23. The van der Waals surface area contributed by atoms with Gasteiger partial charge in [-0.1, -0.05) is 0 Å². The molecule has 1 saturated heterocycles. The topological polar surface area (TPSA) is 35.0 Å². The Balaban J connectivity index is 2.02. The molecule has 0 amide bonds. The molecule has 2 aliphatic heterocycles. The summed E-state index contributed by atoms with van der Waals surface area (Å²) in [5.41, 5.74) is 1.08. The molecule has 0 spiro atoms. The summed E-state index contributed by atoms with van der Waals surface area (Å²) in [6.07, 6.45) is 0. The Hall–Kier alpha value is -0.730. The predicted octanol–water partition coefficient (Wildman–Crippen LogP) is 3.40. The first-order valence-electron chi connectivity index (χ1n) is 9.94. The standard InChI is InChI=1S/C20H25F2I2N5O/c1-11-8-27-13(10-28(11)23)9-26(6-5-25(3)4)19-18(27)14-7-15(21)12(2)16(22)17(14)29(24)20(19)30/h7,11,13H,5-6,8-10H2,1-4H3. The van der Waals surface area contributed by atoms with E-state index in [9.17, 15) is 9.18 Å². The maximum absolute atomic E-state index is 15.1. The van der Waals surface area contributed by atoms with Crippen LogP contribution in [0.5, 0.6) is 0 Å². The number of hydrogen-bond acceptors (Lipinski definition) is 5. The fraction of sp³-hybridized carbons (Fsp3) is 0.550. The quantitative estimate of drug-likeness (QED) is 0.379. The van der Waals surface area contributed by atoms with E-state index in [1.165, 1.54) is 15.8 Å². The number of rotatable bonds is 3. The van der Waals surface area contributed by atoms with Crippen LogP contribution in [0.25, 0.3) is 10.9 Å². The predicted molar refractivity (Wildman–Crippen MR) is 134 cm³/mol. The van der Waals surface area contributed by atoms with Crippen LogP contribution < -0.4 is 15.4 Å². The highest BCUT2D eigenvalue weighted by molar-refractivity contribution is 14.1. The highest BCUT2D eigenvalue weighted by Crippen LogP contribution is 2.42. The number of benzene rings is 1. The summed E-state index contributed by atoms with van der Waals surface area (Å²) in [5, 5.41) is 0.466. The number of hydrogen-bond donors (Lipinski definition) is 0. The minimum Gasteiger partial charge on any atom is -0.362 e. The lowest BCUT2D eigenvalue weighted by atomic mass is 9.99. The average Bonchev–Trinajstić information content (AvgIpc) is 2.68. The molecule has 1 fully saturated rings. The average molecular weight is 643 g/mol. The van der Waals surface area contributed by atoms with Gasteiger partial charge in [0.2, 0.25) is 0 Å². The summed E-state index contributed by atoms with van der Waals surface area (Å²) in [5.74, 6) is -1.25. The molecule has 1 aromatic carbocycles. The molecule has 2 aliphatic rings. The fourth-order valence-corrected chi connectivity index (χ4v) is 5.71. The maximum atomic E-state index is 15.1. The monoisotopic (exact) mass is 643 g/mol. The van der Waals surface area contributed by atoms with Crippen molar-refractivity contribution in [2.75, 3.05) is 56.6 Å². The lowest BCUT2D eigenvalue weighted by Crippen LogP contribution is -2.62. The van der Waals surface area contributed by atoms with E-state index in [0.29, 0.717) is 36.4 Å². The molecule has 10 heteroatoms. The summed E-state index contributed by atoms with van der Waals surface area (Å²) >= 11 is 4.19. The van der Waals surface area contributed by atoms with Gasteiger partial charge in [-0.25, -0.2) is 14.7 Å². The van der Waals surface area contributed by atoms with E-state index in [1.807, 2.05) is 37.0 Å². The van der Waals surface area contributed by atoms with Gasteiger partial charge in [0.25, 0.3) is 5.56 Å². The molecular weight excluding hydrogens is 618 g/mol. The van der Waals surface area contributed by atoms with Gasteiger partial charge in [-0.3, -0.25) is 4.79 Å². The van der Waals surface area contributed by atoms with Crippen LogP contribution in [-0.2, 0) is 0 Å². The second kappa shape index (κ2) is 8.32. The molecule has 0 saturated carbocycles. The van der Waals surface area contributed by atoms with E-state index in [-0.39, 0.29) is 28.7 Å². The lowest BCUT2D eigenvalue weighted by molar-refractivity contribution is 0.304. The van der Waals surface area contributed by atoms with Gasteiger partial charge in [0.05, 0.1) is 40.1 Å². The summed E-state index contributed by atoms with van der Waals surface area (Å²) < 4.78 is 33.4. The number of likely N-dealkylation sites (N-methyl/N-ethyl adjacent to an activating group) is 1. The van der Waals surface area contributed by atoms with Gasteiger partial charge in [0.1, 0.15) is 11.5 Å². The molecule has 2 atom stereocenters. The van der Waals surface area contributed by atoms with Crippen molar-refractivity contribution in [2.24, 2.45) is 0 Å². The molecule has 2 aromatic rings. The van der Waals surface area contributed by atoms with E-state index in [1.54, 1.807) is 0 Å². The first kappa shape index (κ1) is 22.5. The number of halogens is 4. The third-order valence-corrected chi connectivity index (χ3v) is 8.36. The molecule has 30 heavy (non-hydrogen) atoms. The highest BCUT2D eigenvalue weighted by atomic mass is 127. The molecule has 3 heterocycles. The van der Waals surface area contributed by atoms with Crippen LogP contribution in [0.1, 0.15) is 12.5 Å². The van der Waals surface area contributed by atoms with Crippen molar-refractivity contribution in [3.8, 4) is 0 Å². The number of pyridine rings is 1. The van der Waals surface area contributed by atoms with Crippen molar-refractivity contribution in [1.82, 2.24) is 10.8 Å². The SMILES string of the molecule is Cc1c(F)cc2c3c(c(=O)n(I)c2c1F)N(CCN(C)C)CC1CN(I)C(C)CN31. The number of anilines is 2. The Morgan fingerprint density at radius 1 is 1.17 bits per heavy atom. The van der Waals surface area contributed by atoms with Gasteiger partial charge < -0.3 is 14.7 Å². The summed E-state index contributed by atoms with van der Waals surface area (Å²) in [6, 6.07) is 1.81.